The van der Waals surface area contributed by atoms with E-state index in [9.17, 15) is 14.4 Å². The fourth-order valence-corrected chi connectivity index (χ4v) is 6.24. The molecule has 1 aromatic rings. The molecule has 8 nitrogen and oxygen atoms in total. The molecular weight excluding hydrogens is 382 g/mol. The molecule has 0 spiro atoms. The lowest BCUT2D eigenvalue weighted by Crippen LogP contribution is -2.53. The Morgan fingerprint density at radius 1 is 1.03 bits per heavy atom. The van der Waals surface area contributed by atoms with Crippen LogP contribution >= 0.6 is 0 Å². The fourth-order valence-electron chi connectivity index (χ4n) is 6.24. The van der Waals surface area contributed by atoms with Crippen LogP contribution in [0.3, 0.4) is 0 Å². The van der Waals surface area contributed by atoms with E-state index in [1.54, 1.807) is 4.68 Å². The Morgan fingerprint density at radius 2 is 1.63 bits per heavy atom. The first-order valence-corrected chi connectivity index (χ1v) is 11.2. The van der Waals surface area contributed by atoms with E-state index in [-0.39, 0.29) is 36.1 Å². The average molecular weight is 416 g/mol. The molecule has 0 aliphatic heterocycles. The van der Waals surface area contributed by atoms with Gasteiger partial charge in [0.25, 0.3) is 5.91 Å². The van der Waals surface area contributed by atoms with Crippen molar-refractivity contribution >= 4 is 17.7 Å². The normalized spacial score (nSPS) is 28.9. The minimum atomic E-state index is -0.329. The zero-order valence-electron chi connectivity index (χ0n) is 18.0. The van der Waals surface area contributed by atoms with E-state index in [1.165, 1.54) is 19.3 Å². The molecule has 1 aromatic heterocycles. The van der Waals surface area contributed by atoms with Crippen molar-refractivity contribution in [2.24, 2.45) is 23.2 Å². The summed E-state index contributed by atoms with van der Waals surface area (Å²) in [5, 5.41) is 7.31. The van der Waals surface area contributed by atoms with Gasteiger partial charge in [0.05, 0.1) is 5.69 Å². The van der Waals surface area contributed by atoms with Crippen LogP contribution in [0, 0.1) is 37.0 Å². The summed E-state index contributed by atoms with van der Waals surface area (Å²) in [4.78, 5) is 36.8. The van der Waals surface area contributed by atoms with Crippen molar-refractivity contribution in [1.82, 2.24) is 25.9 Å². The minimum absolute atomic E-state index is 0.0566. The number of aromatic nitrogens is 2. The van der Waals surface area contributed by atoms with Crippen molar-refractivity contribution in [3.05, 3.63) is 17.5 Å². The lowest BCUT2D eigenvalue weighted by Gasteiger charge is -2.55. The van der Waals surface area contributed by atoms with E-state index in [0.717, 1.165) is 48.4 Å². The van der Waals surface area contributed by atoms with Gasteiger partial charge in [-0.05, 0) is 82.6 Å². The first kappa shape index (κ1) is 20.9. The van der Waals surface area contributed by atoms with Crippen LogP contribution in [0.5, 0.6) is 0 Å². The Balaban J connectivity index is 1.13. The molecule has 0 atom stereocenters. The second-order valence-corrected chi connectivity index (χ2v) is 9.74. The summed E-state index contributed by atoms with van der Waals surface area (Å²) in [6, 6.07) is 1.89. The third kappa shape index (κ3) is 4.52. The van der Waals surface area contributed by atoms with Gasteiger partial charge in [-0.25, -0.2) is 0 Å². The molecule has 4 bridgehead atoms. The maximum Gasteiger partial charge on any atom is 0.260 e. The van der Waals surface area contributed by atoms with Crippen molar-refractivity contribution < 1.29 is 14.4 Å². The molecule has 4 aliphatic rings. The zero-order valence-corrected chi connectivity index (χ0v) is 18.0. The predicted molar refractivity (Wildman–Crippen MR) is 111 cm³/mol. The number of nitrogens with one attached hydrogen (secondary N) is 3. The molecule has 164 valence electrons. The monoisotopic (exact) mass is 415 g/mol. The molecule has 3 amide bonds. The van der Waals surface area contributed by atoms with Crippen LogP contribution in [0.25, 0.3) is 0 Å². The number of hydrogen-bond donors (Lipinski definition) is 3. The van der Waals surface area contributed by atoms with Gasteiger partial charge < -0.3 is 5.32 Å². The van der Waals surface area contributed by atoms with Crippen LogP contribution in [0.1, 0.15) is 62.8 Å². The van der Waals surface area contributed by atoms with Gasteiger partial charge in [0.15, 0.2) is 0 Å². The number of nitrogens with zero attached hydrogens (tertiary/aromatic N) is 2. The molecule has 1 heterocycles. The number of aryl methyl sites for hydroxylation is 2. The lowest BCUT2D eigenvalue weighted by molar-refractivity contribution is -0.146. The Bertz CT molecular complexity index is 795. The van der Waals surface area contributed by atoms with Crippen molar-refractivity contribution in [3.63, 3.8) is 0 Å². The Morgan fingerprint density at radius 3 is 2.20 bits per heavy atom. The van der Waals surface area contributed by atoms with Gasteiger partial charge in [0.1, 0.15) is 6.54 Å². The molecule has 4 saturated carbocycles. The third-order valence-corrected chi connectivity index (χ3v) is 7.12. The molecule has 4 fully saturated rings. The highest BCUT2D eigenvalue weighted by Gasteiger charge is 2.54. The van der Waals surface area contributed by atoms with Crippen LogP contribution < -0.4 is 16.2 Å². The summed E-state index contributed by atoms with van der Waals surface area (Å²) in [7, 11) is 0. The Hall–Kier alpha value is -2.38. The zero-order chi connectivity index (χ0) is 21.3. The summed E-state index contributed by atoms with van der Waals surface area (Å²) in [5.41, 5.74) is 6.45. The maximum atomic E-state index is 12.9. The van der Waals surface area contributed by atoms with Gasteiger partial charge in [-0.3, -0.25) is 29.9 Å². The van der Waals surface area contributed by atoms with Gasteiger partial charge in [0.2, 0.25) is 11.8 Å². The van der Waals surface area contributed by atoms with E-state index >= 15 is 0 Å². The Labute approximate surface area is 177 Å². The van der Waals surface area contributed by atoms with Gasteiger partial charge in [-0.1, -0.05) is 0 Å². The molecule has 3 N–H and O–H groups in total. The van der Waals surface area contributed by atoms with Gasteiger partial charge in [-0.2, -0.15) is 5.10 Å². The van der Waals surface area contributed by atoms with Gasteiger partial charge >= 0.3 is 0 Å². The standard InChI is InChI=1S/C22H33N5O3/c1-14-6-15(2)27(26-14)13-20(29)25-24-19(28)4-3-5-23-21(30)22-10-16-7-17(11-22)9-18(8-16)12-22/h6,16-18H,3-5,7-13H2,1-2H3,(H,23,30)(H,24,28)(H,25,29). The second-order valence-electron chi connectivity index (χ2n) is 9.74. The number of carbonyl (C=O) groups is 3. The van der Waals surface area contributed by atoms with E-state index < -0.39 is 0 Å². The lowest BCUT2D eigenvalue weighted by atomic mass is 9.49. The van der Waals surface area contributed by atoms with Crippen LogP contribution in [-0.4, -0.2) is 34.0 Å². The number of hydrogen-bond acceptors (Lipinski definition) is 4. The van der Waals surface area contributed by atoms with Crippen molar-refractivity contribution in [2.45, 2.75) is 71.8 Å². The summed E-state index contributed by atoms with van der Waals surface area (Å²) < 4.78 is 1.59. The summed E-state index contributed by atoms with van der Waals surface area (Å²) in [5.74, 6) is 1.83. The highest BCUT2D eigenvalue weighted by molar-refractivity contribution is 5.83. The molecule has 0 aromatic carbocycles. The van der Waals surface area contributed by atoms with Crippen LogP contribution in [0.15, 0.2) is 6.07 Å². The van der Waals surface area contributed by atoms with Crippen molar-refractivity contribution in [2.75, 3.05) is 6.54 Å². The topological polar surface area (TPSA) is 105 Å². The quantitative estimate of drug-likeness (QED) is 0.466. The first-order chi connectivity index (χ1) is 14.3. The molecule has 5 rings (SSSR count). The highest BCUT2D eigenvalue weighted by atomic mass is 16.2. The Kier molecular flexibility index (Phi) is 5.84. The molecule has 0 unspecified atom stereocenters. The molecule has 0 saturated heterocycles. The molecule has 8 heteroatoms. The van der Waals surface area contributed by atoms with Crippen molar-refractivity contribution in [1.29, 1.82) is 0 Å². The third-order valence-electron chi connectivity index (χ3n) is 7.12. The molecule has 0 radical (unpaired) electrons. The smallest absolute Gasteiger partial charge is 0.260 e. The molecule has 4 aliphatic carbocycles. The number of carbonyl (C=O) groups excluding carboxylic acids is 3. The fraction of sp³-hybridized carbons (Fsp3) is 0.727. The van der Waals surface area contributed by atoms with E-state index in [1.807, 2.05) is 19.9 Å². The highest BCUT2D eigenvalue weighted by Crippen LogP contribution is 2.60. The minimum Gasteiger partial charge on any atom is -0.356 e. The largest absolute Gasteiger partial charge is 0.356 e. The summed E-state index contributed by atoms with van der Waals surface area (Å²) in [6.45, 7) is 4.30. The average Bonchev–Trinajstić information content (AvgIpc) is 2.99. The molecule has 30 heavy (non-hydrogen) atoms. The predicted octanol–water partition coefficient (Wildman–Crippen LogP) is 1.76. The van der Waals surface area contributed by atoms with Gasteiger partial charge in [-0.15, -0.1) is 0 Å². The molecular formula is C22H33N5O3. The van der Waals surface area contributed by atoms with Crippen LogP contribution in [0.2, 0.25) is 0 Å². The summed E-state index contributed by atoms with van der Waals surface area (Å²) >= 11 is 0. The number of amides is 3. The van der Waals surface area contributed by atoms with Crippen molar-refractivity contribution in [3.8, 4) is 0 Å². The van der Waals surface area contributed by atoms with Gasteiger partial charge in [0, 0.05) is 24.1 Å². The van der Waals surface area contributed by atoms with E-state index in [4.69, 9.17) is 0 Å². The van der Waals surface area contributed by atoms with E-state index in [2.05, 4.69) is 21.3 Å². The second kappa shape index (κ2) is 8.40. The summed E-state index contributed by atoms with van der Waals surface area (Å²) in [6.07, 6.45) is 7.90. The number of hydrazine groups is 1. The van der Waals surface area contributed by atoms with Crippen LogP contribution in [-0.2, 0) is 20.9 Å². The van der Waals surface area contributed by atoms with E-state index in [0.29, 0.717) is 13.0 Å². The van der Waals surface area contributed by atoms with Crippen LogP contribution in [0.4, 0.5) is 0 Å². The SMILES string of the molecule is Cc1cc(C)n(CC(=O)NNC(=O)CCCNC(=O)C23CC4CC(CC(C4)C2)C3)n1. The number of rotatable bonds is 7. The maximum absolute atomic E-state index is 12.9. The first-order valence-electron chi connectivity index (χ1n) is 11.2.